The molecule has 0 aliphatic heterocycles. The Kier molecular flexibility index (Phi) is 5.49. The van der Waals surface area contributed by atoms with Gasteiger partial charge in [0.2, 0.25) is 5.91 Å². The molecule has 1 unspecified atom stereocenters. The molecule has 5 heteroatoms. The predicted octanol–water partition coefficient (Wildman–Crippen LogP) is 3.27. The Labute approximate surface area is 134 Å². The summed E-state index contributed by atoms with van der Waals surface area (Å²) in [5.41, 5.74) is 2.49. The summed E-state index contributed by atoms with van der Waals surface area (Å²) in [7, 11) is 1.63. The van der Waals surface area contributed by atoms with Crippen molar-refractivity contribution in [2.24, 2.45) is 0 Å². The number of rotatable bonds is 6. The Balaban J connectivity index is 2.05. The van der Waals surface area contributed by atoms with E-state index in [0.29, 0.717) is 11.3 Å². The van der Waals surface area contributed by atoms with E-state index in [9.17, 15) is 9.59 Å². The number of carbonyl (C=O) groups is 2. The van der Waals surface area contributed by atoms with Gasteiger partial charge in [0.15, 0.2) is 0 Å². The summed E-state index contributed by atoms with van der Waals surface area (Å²) in [6.45, 7) is 1.93. The lowest BCUT2D eigenvalue weighted by Gasteiger charge is -2.12. The van der Waals surface area contributed by atoms with Crippen LogP contribution in [0.15, 0.2) is 48.5 Å². The van der Waals surface area contributed by atoms with E-state index < -0.39 is 5.97 Å². The number of ether oxygens (including phenoxy) is 1. The molecule has 2 N–H and O–H groups in total. The second kappa shape index (κ2) is 7.56. The summed E-state index contributed by atoms with van der Waals surface area (Å²) in [4.78, 5) is 23.1. The molecule has 0 saturated heterocycles. The number of carboxylic acid groups (broad SMARTS) is 1. The lowest BCUT2D eigenvalue weighted by atomic mass is 10.1. The van der Waals surface area contributed by atoms with Gasteiger partial charge in [-0.15, -0.1) is 0 Å². The van der Waals surface area contributed by atoms with Gasteiger partial charge in [-0.25, -0.2) is 4.79 Å². The standard InChI is InChI=1S/C18H19NO4/c1-12(23-2)14-6-4-8-16(11-14)19-17(20)10-13-5-3-7-15(9-13)18(21)22/h3-9,11-12H,10H2,1-2H3,(H,19,20)(H,21,22). The lowest BCUT2D eigenvalue weighted by molar-refractivity contribution is -0.115. The highest BCUT2D eigenvalue weighted by atomic mass is 16.5. The maximum Gasteiger partial charge on any atom is 0.335 e. The van der Waals surface area contributed by atoms with Gasteiger partial charge in [0.1, 0.15) is 0 Å². The average Bonchev–Trinajstić information content (AvgIpc) is 2.54. The molecule has 1 amide bonds. The number of aromatic carboxylic acids is 1. The SMILES string of the molecule is COC(C)c1cccc(NC(=O)Cc2cccc(C(=O)O)c2)c1. The number of nitrogens with one attached hydrogen (secondary N) is 1. The van der Waals surface area contributed by atoms with Crippen molar-refractivity contribution >= 4 is 17.6 Å². The van der Waals surface area contributed by atoms with E-state index in [-0.39, 0.29) is 24.0 Å². The van der Waals surface area contributed by atoms with Crippen LogP contribution in [0.25, 0.3) is 0 Å². The minimum atomic E-state index is -1.01. The van der Waals surface area contributed by atoms with Gasteiger partial charge in [-0.1, -0.05) is 24.3 Å². The van der Waals surface area contributed by atoms with Crippen molar-refractivity contribution in [1.82, 2.24) is 0 Å². The fourth-order valence-electron chi connectivity index (χ4n) is 2.21. The third kappa shape index (κ3) is 4.66. The number of anilines is 1. The first-order valence-corrected chi connectivity index (χ1v) is 7.24. The number of methoxy groups -OCH3 is 1. The highest BCUT2D eigenvalue weighted by Gasteiger charge is 2.09. The molecule has 5 nitrogen and oxygen atoms in total. The van der Waals surface area contributed by atoms with Crippen molar-refractivity contribution in [3.63, 3.8) is 0 Å². The first kappa shape index (κ1) is 16.7. The zero-order valence-corrected chi connectivity index (χ0v) is 13.1. The Morgan fingerprint density at radius 1 is 1.17 bits per heavy atom. The topological polar surface area (TPSA) is 75.6 Å². The molecular weight excluding hydrogens is 294 g/mol. The average molecular weight is 313 g/mol. The van der Waals surface area contributed by atoms with Gasteiger partial charge >= 0.3 is 5.97 Å². The van der Waals surface area contributed by atoms with Crippen molar-refractivity contribution < 1.29 is 19.4 Å². The fourth-order valence-corrected chi connectivity index (χ4v) is 2.21. The van der Waals surface area contributed by atoms with Gasteiger partial charge in [0.05, 0.1) is 18.1 Å². The monoisotopic (exact) mass is 313 g/mol. The van der Waals surface area contributed by atoms with Crippen molar-refractivity contribution in [3.8, 4) is 0 Å². The molecule has 0 aromatic heterocycles. The first-order chi connectivity index (χ1) is 11.0. The van der Waals surface area contributed by atoms with Crippen LogP contribution in [-0.2, 0) is 16.0 Å². The number of hydrogen-bond donors (Lipinski definition) is 2. The second-order valence-electron chi connectivity index (χ2n) is 5.23. The highest BCUT2D eigenvalue weighted by Crippen LogP contribution is 2.19. The van der Waals surface area contributed by atoms with E-state index in [1.54, 1.807) is 25.3 Å². The molecular formula is C18H19NO4. The molecule has 2 rings (SSSR count). The third-order valence-electron chi connectivity index (χ3n) is 3.53. The Bertz CT molecular complexity index is 712. The van der Waals surface area contributed by atoms with Gasteiger partial charge in [0.25, 0.3) is 0 Å². The van der Waals surface area contributed by atoms with Crippen LogP contribution >= 0.6 is 0 Å². The zero-order chi connectivity index (χ0) is 16.8. The van der Waals surface area contributed by atoms with E-state index in [4.69, 9.17) is 9.84 Å². The van der Waals surface area contributed by atoms with E-state index in [2.05, 4.69) is 5.32 Å². The van der Waals surface area contributed by atoms with E-state index in [0.717, 1.165) is 5.56 Å². The molecule has 120 valence electrons. The minimum Gasteiger partial charge on any atom is -0.478 e. The summed E-state index contributed by atoms with van der Waals surface area (Å²) in [6.07, 6.45) is 0.0599. The molecule has 23 heavy (non-hydrogen) atoms. The maximum atomic E-state index is 12.1. The normalized spacial score (nSPS) is 11.7. The Hall–Kier alpha value is -2.66. The van der Waals surface area contributed by atoms with Crippen LogP contribution in [0.5, 0.6) is 0 Å². The molecule has 0 aliphatic carbocycles. The number of hydrogen-bond acceptors (Lipinski definition) is 3. The van der Waals surface area contributed by atoms with E-state index >= 15 is 0 Å². The largest absolute Gasteiger partial charge is 0.478 e. The van der Waals surface area contributed by atoms with Gasteiger partial charge in [-0.3, -0.25) is 4.79 Å². The van der Waals surface area contributed by atoms with Crippen molar-refractivity contribution in [3.05, 3.63) is 65.2 Å². The van der Waals surface area contributed by atoms with Crippen LogP contribution < -0.4 is 5.32 Å². The molecule has 0 fully saturated rings. The lowest BCUT2D eigenvalue weighted by Crippen LogP contribution is -2.15. The molecule has 0 heterocycles. The Morgan fingerprint density at radius 2 is 1.91 bits per heavy atom. The highest BCUT2D eigenvalue weighted by molar-refractivity contribution is 5.93. The van der Waals surface area contributed by atoms with Crippen molar-refractivity contribution in [2.45, 2.75) is 19.4 Å². The van der Waals surface area contributed by atoms with E-state index in [1.165, 1.54) is 12.1 Å². The van der Waals surface area contributed by atoms with Crippen LogP contribution in [-0.4, -0.2) is 24.1 Å². The predicted molar refractivity (Wildman–Crippen MR) is 87.6 cm³/mol. The summed E-state index contributed by atoms with van der Waals surface area (Å²) in [6, 6.07) is 13.8. The molecule has 0 bridgehead atoms. The third-order valence-corrected chi connectivity index (χ3v) is 3.53. The molecule has 0 aliphatic rings. The molecule has 1 atom stereocenters. The molecule has 0 saturated carbocycles. The van der Waals surface area contributed by atoms with Crippen LogP contribution in [0.4, 0.5) is 5.69 Å². The maximum absolute atomic E-state index is 12.1. The minimum absolute atomic E-state index is 0.0564. The summed E-state index contributed by atoms with van der Waals surface area (Å²) < 4.78 is 5.26. The number of amides is 1. The summed E-state index contributed by atoms with van der Waals surface area (Å²) >= 11 is 0. The van der Waals surface area contributed by atoms with Crippen molar-refractivity contribution in [1.29, 1.82) is 0 Å². The molecule has 2 aromatic rings. The van der Waals surface area contributed by atoms with Crippen LogP contribution in [0.2, 0.25) is 0 Å². The first-order valence-electron chi connectivity index (χ1n) is 7.24. The van der Waals surface area contributed by atoms with Crippen LogP contribution in [0.1, 0.15) is 34.5 Å². The Morgan fingerprint density at radius 3 is 2.61 bits per heavy atom. The van der Waals surface area contributed by atoms with Crippen molar-refractivity contribution in [2.75, 3.05) is 12.4 Å². The number of carbonyl (C=O) groups excluding carboxylic acids is 1. The zero-order valence-electron chi connectivity index (χ0n) is 13.1. The van der Waals surface area contributed by atoms with Gasteiger partial charge in [-0.2, -0.15) is 0 Å². The quantitative estimate of drug-likeness (QED) is 0.858. The van der Waals surface area contributed by atoms with Crippen LogP contribution in [0.3, 0.4) is 0 Å². The fraction of sp³-hybridized carbons (Fsp3) is 0.222. The molecule has 0 radical (unpaired) electrons. The van der Waals surface area contributed by atoms with Gasteiger partial charge in [0, 0.05) is 12.8 Å². The number of benzene rings is 2. The second-order valence-corrected chi connectivity index (χ2v) is 5.23. The summed E-state index contributed by atoms with van der Waals surface area (Å²) in [5, 5.41) is 11.8. The summed E-state index contributed by atoms with van der Waals surface area (Å²) in [5.74, 6) is -1.21. The van der Waals surface area contributed by atoms with Crippen LogP contribution in [0, 0.1) is 0 Å². The molecule has 0 spiro atoms. The number of carboxylic acids is 1. The smallest absolute Gasteiger partial charge is 0.335 e. The van der Waals surface area contributed by atoms with Gasteiger partial charge in [-0.05, 0) is 42.3 Å². The van der Waals surface area contributed by atoms with Gasteiger partial charge < -0.3 is 15.2 Å². The molecule has 2 aromatic carbocycles. The van der Waals surface area contributed by atoms with E-state index in [1.807, 2.05) is 25.1 Å².